The molecule has 0 unspecified atom stereocenters. The summed E-state index contributed by atoms with van der Waals surface area (Å²) in [5, 5.41) is 0.993. The molecule has 1 aromatic heterocycles. The molecule has 0 atom stereocenters. The van der Waals surface area contributed by atoms with Crippen molar-refractivity contribution >= 4 is 22.5 Å². The maximum absolute atomic E-state index is 14.2. The van der Waals surface area contributed by atoms with Gasteiger partial charge in [-0.25, -0.2) is 14.4 Å². The van der Waals surface area contributed by atoms with E-state index in [1.807, 2.05) is 0 Å². The summed E-state index contributed by atoms with van der Waals surface area (Å²) in [6, 6.07) is 10.4. The van der Waals surface area contributed by atoms with Crippen LogP contribution >= 0.6 is 11.6 Å². The molecule has 1 heterocycles. The summed E-state index contributed by atoms with van der Waals surface area (Å²) in [6.45, 7) is 1.70. The Balaban J connectivity index is 2.26. The fourth-order valence-electron chi connectivity index (χ4n) is 2.14. The Labute approximate surface area is 126 Å². The first-order valence-electron chi connectivity index (χ1n) is 6.37. The molecule has 106 valence electrons. The van der Waals surface area contributed by atoms with Crippen LogP contribution in [0.3, 0.4) is 0 Å². The first kappa shape index (κ1) is 13.8. The van der Waals surface area contributed by atoms with Crippen LogP contribution in [0.2, 0.25) is 5.15 Å². The summed E-state index contributed by atoms with van der Waals surface area (Å²) in [4.78, 5) is 8.60. The van der Waals surface area contributed by atoms with Crippen LogP contribution in [-0.4, -0.2) is 17.1 Å². The SMILES string of the molecule is COc1ccc2c(Cl)nc(-c3cccc(C)c3F)nc2c1. The number of ether oxygens (including phenoxy) is 1. The summed E-state index contributed by atoms with van der Waals surface area (Å²) in [6.07, 6.45) is 0. The quantitative estimate of drug-likeness (QED) is 0.658. The molecule has 3 nitrogen and oxygen atoms in total. The zero-order valence-electron chi connectivity index (χ0n) is 11.5. The molecule has 21 heavy (non-hydrogen) atoms. The first-order chi connectivity index (χ1) is 10.1. The van der Waals surface area contributed by atoms with E-state index in [4.69, 9.17) is 16.3 Å². The van der Waals surface area contributed by atoms with E-state index in [1.54, 1.807) is 50.4 Å². The molecule has 0 saturated carbocycles. The molecule has 0 bridgehead atoms. The Bertz CT molecular complexity index is 836. The Hall–Kier alpha value is -2.20. The molecule has 0 aliphatic rings. The number of halogens is 2. The molecule has 0 fully saturated rings. The highest BCUT2D eigenvalue weighted by molar-refractivity contribution is 6.34. The highest BCUT2D eigenvalue weighted by Crippen LogP contribution is 2.29. The van der Waals surface area contributed by atoms with Crippen molar-refractivity contribution in [2.75, 3.05) is 7.11 Å². The third-order valence-electron chi connectivity index (χ3n) is 3.29. The van der Waals surface area contributed by atoms with Gasteiger partial charge in [-0.15, -0.1) is 0 Å². The molecule has 5 heteroatoms. The lowest BCUT2D eigenvalue weighted by molar-refractivity contribution is 0.415. The van der Waals surface area contributed by atoms with Crippen molar-refractivity contribution in [1.29, 1.82) is 0 Å². The minimum Gasteiger partial charge on any atom is -0.497 e. The minimum absolute atomic E-state index is 0.266. The van der Waals surface area contributed by atoms with Crippen molar-refractivity contribution in [1.82, 2.24) is 9.97 Å². The molecule has 0 aliphatic carbocycles. The van der Waals surface area contributed by atoms with Crippen LogP contribution in [-0.2, 0) is 0 Å². The highest BCUT2D eigenvalue weighted by atomic mass is 35.5. The third kappa shape index (κ3) is 2.43. The predicted octanol–water partition coefficient (Wildman–Crippen LogP) is 4.41. The number of hydrogen-bond donors (Lipinski definition) is 0. The minimum atomic E-state index is -0.337. The Morgan fingerprint density at radius 3 is 2.71 bits per heavy atom. The van der Waals surface area contributed by atoms with Crippen LogP contribution in [0, 0.1) is 12.7 Å². The Morgan fingerprint density at radius 2 is 1.95 bits per heavy atom. The van der Waals surface area contributed by atoms with Gasteiger partial charge in [-0.1, -0.05) is 23.7 Å². The van der Waals surface area contributed by atoms with E-state index in [-0.39, 0.29) is 11.6 Å². The first-order valence-corrected chi connectivity index (χ1v) is 6.74. The second kappa shape index (κ2) is 5.30. The highest BCUT2D eigenvalue weighted by Gasteiger charge is 2.13. The van der Waals surface area contributed by atoms with E-state index >= 15 is 0 Å². The molecular weight excluding hydrogens is 291 g/mol. The molecule has 0 N–H and O–H groups in total. The summed E-state index contributed by atoms with van der Waals surface area (Å²) in [5.41, 5.74) is 1.49. The monoisotopic (exact) mass is 302 g/mol. The van der Waals surface area contributed by atoms with E-state index in [9.17, 15) is 4.39 Å². The molecule has 3 rings (SSSR count). The van der Waals surface area contributed by atoms with Crippen LogP contribution in [0.1, 0.15) is 5.56 Å². The normalized spacial score (nSPS) is 10.9. The summed E-state index contributed by atoms with van der Waals surface area (Å²) in [5.74, 6) is 0.589. The molecular formula is C16H12ClFN2O. The molecule has 0 saturated heterocycles. The van der Waals surface area contributed by atoms with Gasteiger partial charge in [0.15, 0.2) is 5.82 Å². The fourth-order valence-corrected chi connectivity index (χ4v) is 2.38. The smallest absolute Gasteiger partial charge is 0.164 e. The number of hydrogen-bond acceptors (Lipinski definition) is 3. The number of rotatable bonds is 2. The van der Waals surface area contributed by atoms with Gasteiger partial charge in [0.1, 0.15) is 16.7 Å². The lowest BCUT2D eigenvalue weighted by atomic mass is 10.1. The summed E-state index contributed by atoms with van der Waals surface area (Å²) < 4.78 is 19.4. The van der Waals surface area contributed by atoms with Gasteiger partial charge in [0.25, 0.3) is 0 Å². The van der Waals surface area contributed by atoms with Gasteiger partial charge in [-0.05, 0) is 30.7 Å². The molecule has 0 amide bonds. The van der Waals surface area contributed by atoms with E-state index in [2.05, 4.69) is 9.97 Å². The lowest BCUT2D eigenvalue weighted by Crippen LogP contribution is -1.96. The number of aromatic nitrogens is 2. The maximum Gasteiger partial charge on any atom is 0.164 e. The van der Waals surface area contributed by atoms with E-state index in [1.165, 1.54) is 0 Å². The molecule has 3 aromatic rings. The standard InChI is InChI=1S/C16H12ClFN2O/c1-9-4-3-5-12(14(9)18)16-19-13-8-10(21-2)6-7-11(13)15(17)20-16/h3-8H,1-2H3. The van der Waals surface area contributed by atoms with Crippen molar-refractivity contribution in [3.8, 4) is 17.1 Å². The van der Waals surface area contributed by atoms with Crippen LogP contribution < -0.4 is 4.74 Å². The van der Waals surface area contributed by atoms with E-state index in [0.29, 0.717) is 32.9 Å². The molecule has 0 aliphatic heterocycles. The topological polar surface area (TPSA) is 35.0 Å². The number of nitrogens with zero attached hydrogens (tertiary/aromatic N) is 2. The van der Waals surface area contributed by atoms with Crippen LogP contribution in [0.25, 0.3) is 22.3 Å². The Kier molecular flexibility index (Phi) is 3.47. The second-order valence-corrected chi connectivity index (χ2v) is 5.02. The van der Waals surface area contributed by atoms with Gasteiger partial charge in [-0.3, -0.25) is 0 Å². The van der Waals surface area contributed by atoms with Gasteiger partial charge >= 0.3 is 0 Å². The predicted molar refractivity (Wildman–Crippen MR) is 81.2 cm³/mol. The van der Waals surface area contributed by atoms with Crippen molar-refractivity contribution < 1.29 is 9.13 Å². The van der Waals surface area contributed by atoms with Crippen molar-refractivity contribution in [3.63, 3.8) is 0 Å². The van der Waals surface area contributed by atoms with Crippen LogP contribution in [0.5, 0.6) is 5.75 Å². The second-order valence-electron chi connectivity index (χ2n) is 4.66. The number of methoxy groups -OCH3 is 1. The third-order valence-corrected chi connectivity index (χ3v) is 3.58. The van der Waals surface area contributed by atoms with Gasteiger partial charge < -0.3 is 4.74 Å². The van der Waals surface area contributed by atoms with Crippen molar-refractivity contribution in [2.45, 2.75) is 6.92 Å². The van der Waals surface area contributed by atoms with Crippen molar-refractivity contribution in [3.05, 3.63) is 52.9 Å². The zero-order valence-corrected chi connectivity index (χ0v) is 12.3. The van der Waals surface area contributed by atoms with Gasteiger partial charge in [0.05, 0.1) is 18.2 Å². The lowest BCUT2D eigenvalue weighted by Gasteiger charge is -2.08. The summed E-state index contributed by atoms with van der Waals surface area (Å²) >= 11 is 6.19. The number of aryl methyl sites for hydroxylation is 1. The van der Waals surface area contributed by atoms with Gasteiger partial charge in [0, 0.05) is 11.5 Å². The number of fused-ring (bicyclic) bond motifs is 1. The zero-order chi connectivity index (χ0) is 15.0. The van der Waals surface area contributed by atoms with E-state index in [0.717, 1.165) is 0 Å². The molecule has 0 radical (unpaired) electrons. The average molecular weight is 303 g/mol. The maximum atomic E-state index is 14.2. The Morgan fingerprint density at radius 1 is 1.14 bits per heavy atom. The van der Waals surface area contributed by atoms with Crippen molar-refractivity contribution in [2.24, 2.45) is 0 Å². The fraction of sp³-hybridized carbons (Fsp3) is 0.125. The molecule has 0 spiro atoms. The average Bonchev–Trinajstić information content (AvgIpc) is 2.49. The van der Waals surface area contributed by atoms with E-state index < -0.39 is 0 Å². The van der Waals surface area contributed by atoms with Crippen LogP contribution in [0.15, 0.2) is 36.4 Å². The largest absolute Gasteiger partial charge is 0.497 e. The summed E-state index contributed by atoms with van der Waals surface area (Å²) in [7, 11) is 1.57. The van der Waals surface area contributed by atoms with Gasteiger partial charge in [-0.2, -0.15) is 0 Å². The van der Waals surface area contributed by atoms with Gasteiger partial charge in [0.2, 0.25) is 0 Å². The number of benzene rings is 2. The van der Waals surface area contributed by atoms with Crippen LogP contribution in [0.4, 0.5) is 4.39 Å². The molecule has 2 aromatic carbocycles.